The molecular weight excluding hydrogens is 348 g/mol. The zero-order valence-corrected chi connectivity index (χ0v) is 14.5. The van der Waals surface area contributed by atoms with Crippen molar-refractivity contribution < 1.29 is 18.6 Å². The van der Waals surface area contributed by atoms with Crippen molar-refractivity contribution in [3.05, 3.63) is 72.1 Å². The summed E-state index contributed by atoms with van der Waals surface area (Å²) >= 11 is 0. The second-order valence-corrected chi connectivity index (χ2v) is 5.97. The minimum atomic E-state index is -0.279. The van der Waals surface area contributed by atoms with Crippen molar-refractivity contribution in [3.63, 3.8) is 0 Å². The molecule has 0 radical (unpaired) electrons. The van der Waals surface area contributed by atoms with Crippen molar-refractivity contribution in [2.24, 2.45) is 0 Å². The predicted octanol–water partition coefficient (Wildman–Crippen LogP) is 3.06. The highest BCUT2D eigenvalue weighted by molar-refractivity contribution is 5.92. The van der Waals surface area contributed by atoms with Gasteiger partial charge in [0.05, 0.1) is 18.3 Å². The lowest BCUT2D eigenvalue weighted by atomic mass is 10.2. The van der Waals surface area contributed by atoms with E-state index >= 15 is 0 Å². The molecule has 0 aliphatic heterocycles. The third kappa shape index (κ3) is 3.79. The fraction of sp³-hybridized carbons (Fsp3) is 0.158. The topological polar surface area (TPSA) is 94.5 Å². The lowest BCUT2D eigenvalue weighted by Gasteiger charge is -2.12. The molecule has 0 saturated heterocycles. The Morgan fingerprint density at radius 2 is 2.04 bits per heavy atom. The van der Waals surface area contributed by atoms with Crippen LogP contribution in [0.15, 0.2) is 63.9 Å². The number of benzene rings is 1. The number of hydrogen-bond acceptors (Lipinski definition) is 7. The number of rotatable bonds is 6. The van der Waals surface area contributed by atoms with E-state index in [9.17, 15) is 4.79 Å². The second kappa shape index (κ2) is 7.28. The highest BCUT2D eigenvalue weighted by Crippen LogP contribution is 2.20. The van der Waals surface area contributed by atoms with E-state index in [1.54, 1.807) is 25.4 Å². The number of ether oxygens (including phenoxy) is 1. The van der Waals surface area contributed by atoms with Crippen molar-refractivity contribution >= 4 is 16.8 Å². The Bertz CT molecular complexity index is 1060. The van der Waals surface area contributed by atoms with Gasteiger partial charge in [-0.05, 0) is 24.3 Å². The molecule has 0 saturated carbocycles. The molecule has 136 valence electrons. The maximum Gasteiger partial charge on any atom is 0.276 e. The summed E-state index contributed by atoms with van der Waals surface area (Å²) in [5.74, 6) is 1.45. The first-order valence-electron chi connectivity index (χ1n) is 8.27. The minimum Gasteiger partial charge on any atom is -0.486 e. The second-order valence-electron chi connectivity index (χ2n) is 5.97. The third-order valence-corrected chi connectivity index (χ3v) is 3.96. The Balaban J connectivity index is 1.39. The lowest BCUT2D eigenvalue weighted by molar-refractivity contribution is 0.0761. The van der Waals surface area contributed by atoms with Crippen LogP contribution in [0.25, 0.3) is 10.9 Å². The van der Waals surface area contributed by atoms with Gasteiger partial charge in [0.1, 0.15) is 12.4 Å². The molecule has 3 aromatic heterocycles. The molecule has 0 N–H and O–H groups in total. The Kier molecular flexibility index (Phi) is 4.52. The molecule has 4 rings (SSSR count). The number of hydrogen-bond donors (Lipinski definition) is 0. The first kappa shape index (κ1) is 16.8. The molecule has 1 aromatic carbocycles. The summed E-state index contributed by atoms with van der Waals surface area (Å²) in [7, 11) is 1.65. The van der Waals surface area contributed by atoms with Crippen LogP contribution in [0, 0.1) is 0 Å². The zero-order valence-electron chi connectivity index (χ0n) is 14.5. The Morgan fingerprint density at radius 3 is 2.89 bits per heavy atom. The molecule has 0 atom stereocenters. The van der Waals surface area contributed by atoms with Crippen LogP contribution in [0.2, 0.25) is 0 Å². The quantitative estimate of drug-likeness (QED) is 0.519. The largest absolute Gasteiger partial charge is 0.486 e. The van der Waals surface area contributed by atoms with Crippen LogP contribution in [-0.4, -0.2) is 33.2 Å². The molecule has 3 heterocycles. The molecule has 0 unspecified atom stereocenters. The third-order valence-electron chi connectivity index (χ3n) is 3.96. The van der Waals surface area contributed by atoms with E-state index in [1.807, 2.05) is 30.3 Å². The first-order chi connectivity index (χ1) is 13.2. The average molecular weight is 364 g/mol. The molecule has 1 amide bonds. The number of carbonyl (C=O) groups is 1. The smallest absolute Gasteiger partial charge is 0.276 e. The van der Waals surface area contributed by atoms with Gasteiger partial charge in [-0.25, -0.2) is 0 Å². The predicted molar refractivity (Wildman–Crippen MR) is 94.9 cm³/mol. The molecular formula is C19H16N4O4. The normalized spacial score (nSPS) is 10.9. The molecule has 8 nitrogen and oxygen atoms in total. The van der Waals surface area contributed by atoms with Gasteiger partial charge >= 0.3 is 0 Å². The summed E-state index contributed by atoms with van der Waals surface area (Å²) in [4.78, 5) is 18.1. The maximum atomic E-state index is 12.4. The SMILES string of the molecule is CN(Cc1ccno1)C(=O)c1cc(COc2ccc3ncccc3c2)on1. The van der Waals surface area contributed by atoms with Gasteiger partial charge in [-0.15, -0.1) is 0 Å². The van der Waals surface area contributed by atoms with Crippen LogP contribution in [0.1, 0.15) is 22.0 Å². The first-order valence-corrected chi connectivity index (χ1v) is 8.27. The number of fused-ring (bicyclic) bond motifs is 1. The van der Waals surface area contributed by atoms with Crippen molar-refractivity contribution in [1.82, 2.24) is 20.2 Å². The fourth-order valence-electron chi connectivity index (χ4n) is 2.60. The Labute approximate surface area is 154 Å². The van der Waals surface area contributed by atoms with Crippen molar-refractivity contribution in [1.29, 1.82) is 0 Å². The van der Waals surface area contributed by atoms with E-state index in [4.69, 9.17) is 13.8 Å². The maximum absolute atomic E-state index is 12.4. The van der Waals surface area contributed by atoms with Gasteiger partial charge in [-0.1, -0.05) is 16.4 Å². The molecule has 0 spiro atoms. The van der Waals surface area contributed by atoms with Crippen LogP contribution in [0.5, 0.6) is 5.75 Å². The van der Waals surface area contributed by atoms with Crippen LogP contribution in [0.4, 0.5) is 0 Å². The number of pyridine rings is 1. The van der Waals surface area contributed by atoms with E-state index in [0.29, 0.717) is 23.8 Å². The highest BCUT2D eigenvalue weighted by atomic mass is 16.5. The van der Waals surface area contributed by atoms with Gasteiger partial charge in [-0.2, -0.15) is 0 Å². The Hall–Kier alpha value is -3.68. The van der Waals surface area contributed by atoms with E-state index in [-0.39, 0.29) is 18.2 Å². The lowest BCUT2D eigenvalue weighted by Crippen LogP contribution is -2.26. The van der Waals surface area contributed by atoms with E-state index in [0.717, 1.165) is 10.9 Å². The minimum absolute atomic E-state index is 0.165. The Morgan fingerprint density at radius 1 is 1.11 bits per heavy atom. The van der Waals surface area contributed by atoms with Gasteiger partial charge in [0.15, 0.2) is 17.2 Å². The molecule has 0 aliphatic rings. The number of nitrogens with zero attached hydrogens (tertiary/aromatic N) is 4. The molecule has 8 heteroatoms. The summed E-state index contributed by atoms with van der Waals surface area (Å²) < 4.78 is 15.9. The van der Waals surface area contributed by atoms with Crippen LogP contribution in [-0.2, 0) is 13.2 Å². The molecule has 0 aliphatic carbocycles. The standard InChI is InChI=1S/C19H16N4O4/c1-23(11-15-6-8-21-26-15)19(24)18-10-16(27-22-18)12-25-14-4-5-17-13(9-14)3-2-7-20-17/h2-10H,11-12H2,1H3. The van der Waals surface area contributed by atoms with E-state index in [1.165, 1.54) is 11.1 Å². The highest BCUT2D eigenvalue weighted by Gasteiger charge is 2.18. The van der Waals surface area contributed by atoms with Gasteiger partial charge < -0.3 is 18.7 Å². The van der Waals surface area contributed by atoms with Gasteiger partial charge in [0, 0.05) is 30.8 Å². The number of carbonyl (C=O) groups excluding carboxylic acids is 1. The zero-order chi connectivity index (χ0) is 18.6. The summed E-state index contributed by atoms with van der Waals surface area (Å²) in [6, 6.07) is 12.7. The summed E-state index contributed by atoms with van der Waals surface area (Å²) in [6.45, 7) is 0.459. The average Bonchev–Trinajstić information content (AvgIpc) is 3.37. The molecule has 0 fully saturated rings. The van der Waals surface area contributed by atoms with Crippen molar-refractivity contribution in [2.75, 3.05) is 7.05 Å². The van der Waals surface area contributed by atoms with Crippen molar-refractivity contribution in [3.8, 4) is 5.75 Å². The monoisotopic (exact) mass is 364 g/mol. The molecule has 0 bridgehead atoms. The van der Waals surface area contributed by atoms with Crippen LogP contribution >= 0.6 is 0 Å². The van der Waals surface area contributed by atoms with Crippen LogP contribution in [0.3, 0.4) is 0 Å². The van der Waals surface area contributed by atoms with Gasteiger partial charge in [-0.3, -0.25) is 9.78 Å². The summed E-state index contributed by atoms with van der Waals surface area (Å²) in [6.07, 6.45) is 3.28. The van der Waals surface area contributed by atoms with Gasteiger partial charge in [0.2, 0.25) is 0 Å². The van der Waals surface area contributed by atoms with Gasteiger partial charge in [0.25, 0.3) is 5.91 Å². The van der Waals surface area contributed by atoms with E-state index in [2.05, 4.69) is 15.3 Å². The number of aromatic nitrogens is 3. The number of amides is 1. The molecule has 4 aromatic rings. The summed E-state index contributed by atoms with van der Waals surface area (Å²) in [5, 5.41) is 8.43. The summed E-state index contributed by atoms with van der Waals surface area (Å²) in [5.41, 5.74) is 1.10. The van der Waals surface area contributed by atoms with Crippen molar-refractivity contribution in [2.45, 2.75) is 13.2 Å². The molecule has 27 heavy (non-hydrogen) atoms. The van der Waals surface area contributed by atoms with Crippen LogP contribution < -0.4 is 4.74 Å². The fourth-order valence-corrected chi connectivity index (χ4v) is 2.60. The van der Waals surface area contributed by atoms with E-state index < -0.39 is 0 Å².